The Morgan fingerprint density at radius 3 is 2.48 bits per heavy atom. The summed E-state index contributed by atoms with van der Waals surface area (Å²) in [4.78, 5) is 24.6. The number of rotatable bonds is 4. The van der Waals surface area contributed by atoms with Crippen LogP contribution in [-0.2, 0) is 15.8 Å². The Morgan fingerprint density at radius 2 is 1.86 bits per heavy atom. The standard InChI is InChI=1S/C20H19F4N3O2/c1-11(13-7-8-14(15(21)9-13)20(22,23)24)25-19(29)16-10-17(28)27-18(26-16)12-5-3-2-4-6-12/h2-9,11,16,18,26H,10H2,1H3,(H,25,29)(H,27,28)/t11-,16?,18?/m1/s1. The van der Waals surface area contributed by atoms with E-state index in [0.717, 1.165) is 17.7 Å². The number of halogens is 4. The average Bonchev–Trinajstić information content (AvgIpc) is 2.67. The summed E-state index contributed by atoms with van der Waals surface area (Å²) in [5.41, 5.74) is -0.406. The minimum atomic E-state index is -4.79. The molecule has 1 aliphatic heterocycles. The second-order valence-corrected chi connectivity index (χ2v) is 6.80. The Morgan fingerprint density at radius 1 is 1.17 bits per heavy atom. The smallest absolute Gasteiger partial charge is 0.348 e. The fourth-order valence-electron chi connectivity index (χ4n) is 3.13. The molecule has 0 bridgehead atoms. The van der Waals surface area contributed by atoms with Gasteiger partial charge in [0.15, 0.2) is 0 Å². The van der Waals surface area contributed by atoms with Crippen molar-refractivity contribution in [1.82, 2.24) is 16.0 Å². The topological polar surface area (TPSA) is 70.2 Å². The van der Waals surface area contributed by atoms with Gasteiger partial charge in [-0.3, -0.25) is 14.9 Å². The third kappa shape index (κ3) is 4.92. The van der Waals surface area contributed by atoms with Crippen molar-refractivity contribution in [1.29, 1.82) is 0 Å². The van der Waals surface area contributed by atoms with Crippen LogP contribution < -0.4 is 16.0 Å². The van der Waals surface area contributed by atoms with E-state index >= 15 is 0 Å². The second kappa shape index (κ2) is 8.20. The van der Waals surface area contributed by atoms with E-state index in [0.29, 0.717) is 6.07 Å². The van der Waals surface area contributed by atoms with E-state index < -0.39 is 41.7 Å². The molecule has 3 atom stereocenters. The largest absolute Gasteiger partial charge is 0.419 e. The minimum absolute atomic E-state index is 0.0940. The van der Waals surface area contributed by atoms with Crippen LogP contribution in [0.25, 0.3) is 0 Å². The lowest BCUT2D eigenvalue weighted by molar-refractivity contribution is -0.140. The Bertz CT molecular complexity index is 902. The van der Waals surface area contributed by atoms with Crippen molar-refractivity contribution in [2.75, 3.05) is 0 Å². The summed E-state index contributed by atoms with van der Waals surface area (Å²) in [7, 11) is 0. The third-order valence-electron chi connectivity index (χ3n) is 4.67. The molecular formula is C20H19F4N3O2. The van der Waals surface area contributed by atoms with Crippen LogP contribution in [0.1, 0.15) is 42.2 Å². The molecule has 3 rings (SSSR count). The zero-order chi connectivity index (χ0) is 21.2. The number of carbonyl (C=O) groups excluding carboxylic acids is 2. The number of amides is 2. The van der Waals surface area contributed by atoms with Gasteiger partial charge in [-0.2, -0.15) is 13.2 Å². The molecule has 5 nitrogen and oxygen atoms in total. The highest BCUT2D eigenvalue weighted by Gasteiger charge is 2.35. The summed E-state index contributed by atoms with van der Waals surface area (Å²) < 4.78 is 51.9. The maximum Gasteiger partial charge on any atom is 0.419 e. The van der Waals surface area contributed by atoms with Crippen LogP contribution in [-0.4, -0.2) is 17.9 Å². The molecule has 0 saturated carbocycles. The molecule has 9 heteroatoms. The maximum absolute atomic E-state index is 13.8. The molecule has 0 spiro atoms. The summed E-state index contributed by atoms with van der Waals surface area (Å²) in [5, 5.41) is 8.39. The Balaban J connectivity index is 1.69. The highest BCUT2D eigenvalue weighted by atomic mass is 19.4. The van der Waals surface area contributed by atoms with Gasteiger partial charge in [-0.25, -0.2) is 4.39 Å². The van der Waals surface area contributed by atoms with E-state index in [-0.39, 0.29) is 17.9 Å². The van der Waals surface area contributed by atoms with Crippen molar-refractivity contribution in [3.8, 4) is 0 Å². The molecular weight excluding hydrogens is 390 g/mol. The van der Waals surface area contributed by atoms with E-state index in [1.54, 1.807) is 24.3 Å². The number of carbonyl (C=O) groups is 2. The van der Waals surface area contributed by atoms with Gasteiger partial charge in [-0.1, -0.05) is 36.4 Å². The number of alkyl halides is 3. The lowest BCUT2D eigenvalue weighted by atomic mass is 10.0. The normalized spacial score (nSPS) is 20.7. The fourth-order valence-corrected chi connectivity index (χ4v) is 3.13. The van der Waals surface area contributed by atoms with E-state index in [9.17, 15) is 27.2 Å². The SMILES string of the molecule is C[C@@H](NC(=O)C1CC(=O)NC(c2ccccc2)N1)c1ccc(C(F)(F)F)c(F)c1. The highest BCUT2D eigenvalue weighted by molar-refractivity contribution is 5.89. The monoisotopic (exact) mass is 409 g/mol. The molecule has 3 N–H and O–H groups in total. The van der Waals surface area contributed by atoms with Gasteiger partial charge >= 0.3 is 6.18 Å². The zero-order valence-electron chi connectivity index (χ0n) is 15.4. The molecule has 2 aromatic carbocycles. The van der Waals surface area contributed by atoms with Gasteiger partial charge in [0.2, 0.25) is 11.8 Å². The summed E-state index contributed by atoms with van der Waals surface area (Å²) >= 11 is 0. The van der Waals surface area contributed by atoms with Gasteiger partial charge < -0.3 is 10.6 Å². The molecule has 29 heavy (non-hydrogen) atoms. The van der Waals surface area contributed by atoms with Crippen LogP contribution in [0.5, 0.6) is 0 Å². The highest BCUT2D eigenvalue weighted by Crippen LogP contribution is 2.32. The van der Waals surface area contributed by atoms with Crippen molar-refractivity contribution in [2.45, 2.75) is 37.8 Å². The molecule has 1 aliphatic rings. The zero-order valence-corrected chi connectivity index (χ0v) is 15.4. The van der Waals surface area contributed by atoms with Crippen LogP contribution in [0.4, 0.5) is 17.6 Å². The van der Waals surface area contributed by atoms with Gasteiger partial charge in [0.1, 0.15) is 12.0 Å². The fraction of sp³-hybridized carbons (Fsp3) is 0.300. The van der Waals surface area contributed by atoms with E-state index in [2.05, 4.69) is 16.0 Å². The number of benzene rings is 2. The number of nitrogens with one attached hydrogen (secondary N) is 3. The van der Waals surface area contributed by atoms with Crippen molar-refractivity contribution in [2.24, 2.45) is 0 Å². The molecule has 2 amide bonds. The van der Waals surface area contributed by atoms with Crippen LogP contribution in [0, 0.1) is 5.82 Å². The van der Waals surface area contributed by atoms with Crippen molar-refractivity contribution >= 4 is 11.8 Å². The first-order valence-electron chi connectivity index (χ1n) is 8.92. The van der Waals surface area contributed by atoms with Crippen molar-refractivity contribution in [3.05, 3.63) is 71.0 Å². The van der Waals surface area contributed by atoms with Crippen molar-refractivity contribution in [3.63, 3.8) is 0 Å². The predicted molar refractivity (Wildman–Crippen MR) is 96.8 cm³/mol. The molecule has 1 fully saturated rings. The molecule has 1 heterocycles. The van der Waals surface area contributed by atoms with E-state index in [1.165, 1.54) is 6.92 Å². The molecule has 2 unspecified atom stereocenters. The van der Waals surface area contributed by atoms with Crippen LogP contribution in [0.3, 0.4) is 0 Å². The van der Waals surface area contributed by atoms with Gasteiger partial charge in [-0.05, 0) is 30.2 Å². The Kier molecular flexibility index (Phi) is 5.88. The van der Waals surface area contributed by atoms with Crippen LogP contribution in [0.15, 0.2) is 48.5 Å². The second-order valence-electron chi connectivity index (χ2n) is 6.80. The summed E-state index contributed by atoms with van der Waals surface area (Å²) in [6.07, 6.45) is -5.43. The van der Waals surface area contributed by atoms with Crippen LogP contribution >= 0.6 is 0 Å². The first kappa shape index (κ1) is 20.8. The van der Waals surface area contributed by atoms with Gasteiger partial charge in [0.05, 0.1) is 24.1 Å². The maximum atomic E-state index is 13.8. The van der Waals surface area contributed by atoms with Crippen LogP contribution in [0.2, 0.25) is 0 Å². The first-order chi connectivity index (χ1) is 13.6. The third-order valence-corrected chi connectivity index (χ3v) is 4.67. The van der Waals surface area contributed by atoms with Gasteiger partial charge in [0.25, 0.3) is 0 Å². The first-order valence-corrected chi connectivity index (χ1v) is 8.92. The van der Waals surface area contributed by atoms with Crippen molar-refractivity contribution < 1.29 is 27.2 Å². The minimum Gasteiger partial charge on any atom is -0.348 e. The summed E-state index contributed by atoms with van der Waals surface area (Å²) in [6, 6.07) is 9.94. The quantitative estimate of drug-likeness (QED) is 0.680. The van der Waals surface area contributed by atoms with Gasteiger partial charge in [0, 0.05) is 0 Å². The number of hydrogen-bond acceptors (Lipinski definition) is 3. The average molecular weight is 409 g/mol. The van der Waals surface area contributed by atoms with E-state index in [1.807, 2.05) is 6.07 Å². The Hall–Kier alpha value is -2.94. The van der Waals surface area contributed by atoms with E-state index in [4.69, 9.17) is 0 Å². The molecule has 1 saturated heterocycles. The molecule has 0 radical (unpaired) electrons. The lowest BCUT2D eigenvalue weighted by Gasteiger charge is -2.32. The molecule has 0 aromatic heterocycles. The lowest BCUT2D eigenvalue weighted by Crippen LogP contribution is -2.56. The summed E-state index contributed by atoms with van der Waals surface area (Å²) in [5.74, 6) is -2.23. The summed E-state index contributed by atoms with van der Waals surface area (Å²) in [6.45, 7) is 1.53. The molecule has 0 aliphatic carbocycles. The number of hydrogen-bond donors (Lipinski definition) is 3. The van der Waals surface area contributed by atoms with Gasteiger partial charge in [-0.15, -0.1) is 0 Å². The predicted octanol–water partition coefficient (Wildman–Crippen LogP) is 3.20. The Labute approximate surface area is 164 Å². The molecule has 2 aromatic rings. The molecule has 154 valence electrons.